The number of ketones is 1. The molecule has 0 fully saturated rings. The lowest BCUT2D eigenvalue weighted by atomic mass is 10.1. The number of nitrogens with zero attached hydrogens (tertiary/aromatic N) is 2. The molecular formula is C24H23N3O4. The summed E-state index contributed by atoms with van der Waals surface area (Å²) in [7, 11) is 0. The first-order valence-electron chi connectivity index (χ1n) is 9.94. The quantitative estimate of drug-likeness (QED) is 0.249. The van der Waals surface area contributed by atoms with Crippen molar-refractivity contribution in [3.8, 4) is 0 Å². The summed E-state index contributed by atoms with van der Waals surface area (Å²) < 4.78 is 5.04. The van der Waals surface area contributed by atoms with Crippen molar-refractivity contribution in [1.29, 1.82) is 0 Å². The molecule has 7 heteroatoms. The van der Waals surface area contributed by atoms with Gasteiger partial charge in [-0.15, -0.1) is 0 Å². The number of hydrogen-bond donors (Lipinski definition) is 1. The van der Waals surface area contributed by atoms with Gasteiger partial charge in [-0.05, 0) is 36.6 Å². The van der Waals surface area contributed by atoms with Gasteiger partial charge in [0.05, 0.1) is 22.9 Å². The molecule has 0 spiro atoms. The predicted octanol–water partition coefficient (Wildman–Crippen LogP) is 3.14. The van der Waals surface area contributed by atoms with Crippen LogP contribution in [0.15, 0.2) is 60.8 Å². The Morgan fingerprint density at radius 1 is 1.03 bits per heavy atom. The Bertz CT molecular complexity index is 1110. The third-order valence-electron chi connectivity index (χ3n) is 4.49. The first-order valence-corrected chi connectivity index (χ1v) is 9.94. The second-order valence-corrected chi connectivity index (χ2v) is 6.93. The number of nitrogens with one attached hydrogen (secondary N) is 1. The van der Waals surface area contributed by atoms with Crippen LogP contribution in [0, 0.1) is 0 Å². The summed E-state index contributed by atoms with van der Waals surface area (Å²) in [6, 6.07) is 14.6. The molecule has 0 saturated heterocycles. The zero-order valence-electron chi connectivity index (χ0n) is 17.2. The van der Waals surface area contributed by atoms with E-state index >= 15 is 0 Å². The lowest BCUT2D eigenvalue weighted by molar-refractivity contribution is -0.136. The molecule has 158 valence electrons. The number of aryl methyl sites for hydroxylation is 1. The highest BCUT2D eigenvalue weighted by molar-refractivity contribution is 5.98. The zero-order chi connectivity index (χ0) is 22.1. The van der Waals surface area contributed by atoms with Crippen LogP contribution in [-0.2, 0) is 20.7 Å². The Morgan fingerprint density at radius 2 is 1.77 bits per heavy atom. The van der Waals surface area contributed by atoms with E-state index in [1.807, 2.05) is 36.4 Å². The fourth-order valence-electron chi connectivity index (χ4n) is 2.89. The second-order valence-electron chi connectivity index (χ2n) is 6.93. The fraction of sp³-hybridized carbons (Fsp3) is 0.208. The molecule has 1 heterocycles. The summed E-state index contributed by atoms with van der Waals surface area (Å²) in [4.78, 5) is 43.7. The summed E-state index contributed by atoms with van der Waals surface area (Å²) >= 11 is 0. The summed E-state index contributed by atoms with van der Waals surface area (Å²) in [5.74, 6) is -0.953. The number of ether oxygens (including phenoxy) is 1. The smallest absolute Gasteiger partial charge is 0.331 e. The van der Waals surface area contributed by atoms with Crippen molar-refractivity contribution in [2.24, 2.45) is 0 Å². The maximum absolute atomic E-state index is 12.2. The molecule has 0 radical (unpaired) electrons. The van der Waals surface area contributed by atoms with E-state index in [1.165, 1.54) is 19.1 Å². The largest absolute Gasteiger partial charge is 0.454 e. The topological polar surface area (TPSA) is 98.2 Å². The lowest BCUT2D eigenvalue weighted by Crippen LogP contribution is -2.21. The molecule has 0 aliphatic heterocycles. The molecule has 31 heavy (non-hydrogen) atoms. The minimum absolute atomic E-state index is 0.0458. The molecule has 0 unspecified atom stereocenters. The van der Waals surface area contributed by atoms with Gasteiger partial charge in [0.1, 0.15) is 0 Å². The third-order valence-corrected chi connectivity index (χ3v) is 4.49. The number of Topliss-reactive ketones (excluding diaryl/α,β-unsaturated/α-hetero) is 1. The Morgan fingerprint density at radius 3 is 2.52 bits per heavy atom. The lowest BCUT2D eigenvalue weighted by Gasteiger charge is -2.05. The van der Waals surface area contributed by atoms with Gasteiger partial charge >= 0.3 is 5.97 Å². The number of benzene rings is 2. The Labute approximate surface area is 180 Å². The summed E-state index contributed by atoms with van der Waals surface area (Å²) in [5, 5.41) is 2.75. The molecule has 1 aromatic heterocycles. The number of esters is 1. The van der Waals surface area contributed by atoms with E-state index in [4.69, 9.17) is 4.74 Å². The van der Waals surface area contributed by atoms with Gasteiger partial charge in [-0.25, -0.2) is 9.78 Å². The van der Waals surface area contributed by atoms with Gasteiger partial charge in [0, 0.05) is 25.1 Å². The number of fused-ring (bicyclic) bond motifs is 1. The van der Waals surface area contributed by atoms with E-state index in [-0.39, 0.29) is 18.3 Å². The van der Waals surface area contributed by atoms with Crippen molar-refractivity contribution in [2.45, 2.75) is 19.8 Å². The van der Waals surface area contributed by atoms with Gasteiger partial charge in [-0.1, -0.05) is 36.4 Å². The first-order chi connectivity index (χ1) is 15.0. The number of rotatable bonds is 9. The average Bonchev–Trinajstić information content (AvgIpc) is 2.79. The van der Waals surface area contributed by atoms with E-state index < -0.39 is 5.97 Å². The van der Waals surface area contributed by atoms with E-state index in [0.29, 0.717) is 17.8 Å². The Kier molecular flexibility index (Phi) is 7.59. The van der Waals surface area contributed by atoms with Gasteiger partial charge in [0.2, 0.25) is 5.91 Å². The third kappa shape index (κ3) is 6.85. The molecule has 1 amide bonds. The van der Waals surface area contributed by atoms with Crippen LogP contribution in [-0.4, -0.2) is 40.8 Å². The number of hydrogen-bond acceptors (Lipinski definition) is 6. The molecule has 3 rings (SSSR count). The minimum atomic E-state index is -0.627. The van der Waals surface area contributed by atoms with E-state index in [1.54, 1.807) is 18.3 Å². The van der Waals surface area contributed by atoms with Crippen LogP contribution >= 0.6 is 0 Å². The Balaban J connectivity index is 1.46. The standard InChI is InChI=1S/C24H23N3O4/c1-17(28)25-14-4-5-18-8-10-19(11-9-18)23(29)16-31-24(30)13-12-20-15-26-21-6-2-3-7-22(21)27-20/h2-3,6-13,15H,4-5,14,16H2,1H3,(H,25,28)/b13-12+. The molecular weight excluding hydrogens is 394 g/mol. The monoisotopic (exact) mass is 417 g/mol. The SMILES string of the molecule is CC(=O)NCCCc1ccc(C(=O)COC(=O)/C=C/c2cnc3ccccc3n2)cc1. The highest BCUT2D eigenvalue weighted by atomic mass is 16.5. The van der Waals surface area contributed by atoms with Gasteiger partial charge in [-0.3, -0.25) is 14.6 Å². The minimum Gasteiger partial charge on any atom is -0.454 e. The number of carbonyl (C=O) groups is 3. The maximum Gasteiger partial charge on any atom is 0.331 e. The molecule has 0 bridgehead atoms. The van der Waals surface area contributed by atoms with E-state index in [9.17, 15) is 14.4 Å². The molecule has 3 aromatic rings. The first kappa shape index (κ1) is 21.8. The molecule has 7 nitrogen and oxygen atoms in total. The number of carbonyl (C=O) groups excluding carboxylic acids is 3. The van der Waals surface area contributed by atoms with Crippen LogP contribution in [0.25, 0.3) is 17.1 Å². The number of aromatic nitrogens is 2. The molecule has 2 aromatic carbocycles. The molecule has 1 N–H and O–H groups in total. The predicted molar refractivity (Wildman–Crippen MR) is 117 cm³/mol. The van der Waals surface area contributed by atoms with Crippen molar-refractivity contribution >= 4 is 34.8 Å². The second kappa shape index (κ2) is 10.8. The van der Waals surface area contributed by atoms with E-state index in [2.05, 4.69) is 15.3 Å². The molecule has 0 atom stereocenters. The molecule has 0 aliphatic rings. The summed E-state index contributed by atoms with van der Waals surface area (Å²) in [6.07, 6.45) is 5.91. The van der Waals surface area contributed by atoms with Crippen molar-refractivity contribution in [3.05, 3.63) is 77.6 Å². The van der Waals surface area contributed by atoms with Crippen LogP contribution in [0.1, 0.15) is 35.0 Å². The van der Waals surface area contributed by atoms with Crippen LogP contribution < -0.4 is 5.32 Å². The number of para-hydroxylation sites is 2. The van der Waals surface area contributed by atoms with Crippen molar-refractivity contribution in [3.63, 3.8) is 0 Å². The van der Waals surface area contributed by atoms with Gasteiger partial charge < -0.3 is 10.1 Å². The van der Waals surface area contributed by atoms with Crippen LogP contribution in [0.5, 0.6) is 0 Å². The normalized spacial score (nSPS) is 10.9. The maximum atomic E-state index is 12.2. The molecule has 0 saturated carbocycles. The van der Waals surface area contributed by atoms with Gasteiger partial charge in [0.15, 0.2) is 12.4 Å². The highest BCUT2D eigenvalue weighted by Crippen LogP contribution is 2.10. The van der Waals surface area contributed by atoms with Crippen molar-refractivity contribution in [2.75, 3.05) is 13.2 Å². The summed E-state index contributed by atoms with van der Waals surface area (Å²) in [5.41, 5.74) is 3.57. The van der Waals surface area contributed by atoms with Crippen molar-refractivity contribution in [1.82, 2.24) is 15.3 Å². The van der Waals surface area contributed by atoms with Crippen LogP contribution in [0.3, 0.4) is 0 Å². The average molecular weight is 417 g/mol. The van der Waals surface area contributed by atoms with Crippen LogP contribution in [0.2, 0.25) is 0 Å². The molecule has 0 aliphatic carbocycles. The Hall–Kier alpha value is -3.87. The van der Waals surface area contributed by atoms with Crippen molar-refractivity contribution < 1.29 is 19.1 Å². The van der Waals surface area contributed by atoms with Gasteiger partial charge in [0.25, 0.3) is 0 Å². The zero-order valence-corrected chi connectivity index (χ0v) is 17.2. The fourth-order valence-corrected chi connectivity index (χ4v) is 2.89. The highest BCUT2D eigenvalue weighted by Gasteiger charge is 2.09. The number of amides is 1. The van der Waals surface area contributed by atoms with Gasteiger partial charge in [-0.2, -0.15) is 0 Å². The summed E-state index contributed by atoms with van der Waals surface area (Å²) in [6.45, 7) is 1.76. The van der Waals surface area contributed by atoms with E-state index in [0.717, 1.165) is 29.4 Å². The van der Waals surface area contributed by atoms with Crippen LogP contribution in [0.4, 0.5) is 0 Å².